The molecule has 0 spiro atoms. The second kappa shape index (κ2) is 11.6. The molecule has 0 radical (unpaired) electrons. The van der Waals surface area contributed by atoms with E-state index >= 15 is 0 Å². The Hall–Kier alpha value is -3.23. The summed E-state index contributed by atoms with van der Waals surface area (Å²) in [7, 11) is -3.67. The normalized spacial score (nSPS) is 23.9. The van der Waals surface area contributed by atoms with Gasteiger partial charge in [-0.1, -0.05) is 6.07 Å². The Kier molecular flexibility index (Phi) is 8.26. The first kappa shape index (κ1) is 29.3. The van der Waals surface area contributed by atoms with Crippen LogP contribution in [-0.2, 0) is 24.3 Å². The van der Waals surface area contributed by atoms with Crippen LogP contribution in [-0.4, -0.2) is 65.5 Å². The van der Waals surface area contributed by atoms with Crippen LogP contribution >= 0.6 is 11.3 Å². The van der Waals surface area contributed by atoms with Crippen molar-refractivity contribution in [2.24, 2.45) is 16.8 Å². The highest BCUT2D eigenvalue weighted by atomic mass is 32.2. The number of aliphatic imine (C=N–C) groups is 1. The summed E-state index contributed by atoms with van der Waals surface area (Å²) in [5, 5.41) is 14.0. The first-order chi connectivity index (χ1) is 19.5. The molecule has 3 aliphatic rings. The minimum Gasteiger partial charge on any atom is -0.481 e. The lowest BCUT2D eigenvalue weighted by Crippen LogP contribution is -2.50. The number of halogens is 2. The molecule has 2 fully saturated rings. The number of thiazole rings is 1. The largest absolute Gasteiger partial charge is 0.481 e. The number of esters is 1. The highest BCUT2D eigenvalue weighted by Crippen LogP contribution is 2.41. The molecule has 1 unspecified atom stereocenters. The predicted octanol–water partition coefficient (Wildman–Crippen LogP) is 3.54. The maximum atomic E-state index is 14.7. The Labute approximate surface area is 240 Å². The Balaban J connectivity index is 1.49. The fourth-order valence-corrected chi connectivity index (χ4v) is 8.26. The summed E-state index contributed by atoms with van der Waals surface area (Å²) in [5.74, 6) is -4.27. The number of nitrogens with zero attached hydrogens (tertiary/aromatic N) is 3. The number of amidine groups is 1. The number of carboxylic acid groups (broad SMARTS) is 1. The topological polar surface area (TPSA) is 138 Å². The molecular weight excluding hydrogens is 578 g/mol. The second-order valence-electron chi connectivity index (χ2n) is 10.3. The molecule has 0 bridgehead atoms. The zero-order valence-electron chi connectivity index (χ0n) is 22.5. The number of benzene rings is 1. The first-order valence-electron chi connectivity index (χ1n) is 13.3. The van der Waals surface area contributed by atoms with Crippen LogP contribution in [0.5, 0.6) is 0 Å². The van der Waals surface area contributed by atoms with Gasteiger partial charge in [-0.3, -0.25) is 9.79 Å². The molecule has 14 heteroatoms. The maximum absolute atomic E-state index is 14.7. The highest BCUT2D eigenvalue weighted by Gasteiger charge is 2.46. The van der Waals surface area contributed by atoms with Gasteiger partial charge in [0.25, 0.3) is 0 Å². The van der Waals surface area contributed by atoms with Crippen molar-refractivity contribution >= 4 is 39.1 Å². The number of aliphatic carboxylic acids is 1. The third kappa shape index (κ3) is 5.52. The van der Waals surface area contributed by atoms with Crippen LogP contribution < -0.4 is 5.32 Å². The predicted molar refractivity (Wildman–Crippen MR) is 147 cm³/mol. The van der Waals surface area contributed by atoms with E-state index in [2.05, 4.69) is 10.3 Å². The summed E-state index contributed by atoms with van der Waals surface area (Å²) in [5.41, 5.74) is 0.967. The van der Waals surface area contributed by atoms with Crippen molar-refractivity contribution in [3.63, 3.8) is 0 Å². The van der Waals surface area contributed by atoms with Crippen molar-refractivity contribution in [3.05, 3.63) is 62.7 Å². The lowest BCUT2D eigenvalue weighted by Gasteiger charge is -2.40. The summed E-state index contributed by atoms with van der Waals surface area (Å²) in [6, 6.07) is 1.39. The van der Waals surface area contributed by atoms with Crippen molar-refractivity contribution in [1.82, 2.24) is 14.6 Å². The average Bonchev–Trinajstić information content (AvgIpc) is 3.45. The minimum atomic E-state index is -3.67. The maximum Gasteiger partial charge on any atom is 0.338 e. The fourth-order valence-electron chi connectivity index (χ4n) is 5.58. The molecule has 2 N–H and O–H groups in total. The smallest absolute Gasteiger partial charge is 0.338 e. The number of hydrogen-bond donors (Lipinski definition) is 2. The van der Waals surface area contributed by atoms with Crippen molar-refractivity contribution in [2.45, 2.75) is 50.8 Å². The number of carbonyl (C=O) groups is 2. The van der Waals surface area contributed by atoms with Gasteiger partial charge in [0.05, 0.1) is 23.3 Å². The molecule has 1 atom stereocenters. The number of allylic oxidation sites excluding steroid dienone is 1. The van der Waals surface area contributed by atoms with Gasteiger partial charge in [0.1, 0.15) is 6.04 Å². The summed E-state index contributed by atoms with van der Waals surface area (Å²) >= 11 is 1.32. The van der Waals surface area contributed by atoms with Gasteiger partial charge < -0.3 is 15.2 Å². The Morgan fingerprint density at radius 3 is 2.54 bits per heavy atom. The molecule has 3 heterocycles. The molecule has 1 saturated carbocycles. The summed E-state index contributed by atoms with van der Waals surface area (Å²) in [6.45, 7) is 3.53. The number of aromatic nitrogens is 1. The lowest BCUT2D eigenvalue weighted by atomic mass is 9.85. The van der Waals surface area contributed by atoms with Gasteiger partial charge in [0.2, 0.25) is 10.0 Å². The molecule has 41 heavy (non-hydrogen) atoms. The van der Waals surface area contributed by atoms with Crippen LogP contribution in [0, 0.1) is 30.4 Å². The number of hydrogen-bond acceptors (Lipinski definition) is 9. The van der Waals surface area contributed by atoms with Gasteiger partial charge in [-0.05, 0) is 56.7 Å². The van der Waals surface area contributed by atoms with E-state index in [9.17, 15) is 26.8 Å². The fraction of sp³-hybridized carbons (Fsp3) is 0.481. The van der Waals surface area contributed by atoms with Crippen molar-refractivity contribution < 1.29 is 36.6 Å². The van der Waals surface area contributed by atoms with Gasteiger partial charge in [0, 0.05) is 36.3 Å². The molecule has 1 saturated heterocycles. The number of carboxylic acids is 1. The summed E-state index contributed by atoms with van der Waals surface area (Å²) in [4.78, 5) is 33.6. The highest BCUT2D eigenvalue weighted by molar-refractivity contribution is 7.89. The number of rotatable bonds is 8. The van der Waals surface area contributed by atoms with Crippen LogP contribution in [0.1, 0.15) is 54.8 Å². The minimum absolute atomic E-state index is 0.0152. The van der Waals surface area contributed by atoms with Crippen LogP contribution in [0.15, 0.2) is 40.0 Å². The van der Waals surface area contributed by atoms with Gasteiger partial charge in [-0.25, -0.2) is 31.3 Å². The van der Waals surface area contributed by atoms with Crippen molar-refractivity contribution in [1.29, 1.82) is 0 Å². The molecule has 1 aromatic heterocycles. The average molecular weight is 609 g/mol. The van der Waals surface area contributed by atoms with E-state index < -0.39 is 50.8 Å². The Morgan fingerprint density at radius 2 is 1.93 bits per heavy atom. The summed E-state index contributed by atoms with van der Waals surface area (Å²) in [6.07, 6.45) is 2.54. The van der Waals surface area contributed by atoms with E-state index in [1.807, 2.05) is 0 Å². The molecule has 1 aromatic carbocycles. The van der Waals surface area contributed by atoms with Gasteiger partial charge >= 0.3 is 11.9 Å². The third-order valence-corrected chi connectivity index (χ3v) is 11.1. The zero-order chi connectivity index (χ0) is 29.5. The van der Waals surface area contributed by atoms with Crippen LogP contribution in [0.3, 0.4) is 0 Å². The molecule has 1 aliphatic carbocycles. The van der Waals surface area contributed by atoms with E-state index in [4.69, 9.17) is 14.8 Å². The van der Waals surface area contributed by atoms with E-state index in [-0.39, 0.29) is 49.6 Å². The molecule has 0 amide bonds. The van der Waals surface area contributed by atoms with Crippen molar-refractivity contribution in [3.8, 4) is 0 Å². The zero-order valence-corrected chi connectivity index (χ0v) is 24.1. The number of sulfonamides is 1. The first-order valence-corrected chi connectivity index (χ1v) is 15.7. The molecular formula is C27H30F2N4O6S2. The third-order valence-electron chi connectivity index (χ3n) is 7.97. The number of nitrogens with one attached hydrogen (secondary N) is 1. The number of carbonyl (C=O) groups excluding carboxylic acids is 1. The summed E-state index contributed by atoms with van der Waals surface area (Å²) < 4.78 is 61.8. The van der Waals surface area contributed by atoms with E-state index in [0.717, 1.165) is 6.07 Å². The Morgan fingerprint density at radius 1 is 1.22 bits per heavy atom. The van der Waals surface area contributed by atoms with E-state index in [1.54, 1.807) is 18.5 Å². The van der Waals surface area contributed by atoms with Crippen molar-refractivity contribution in [2.75, 3.05) is 19.7 Å². The van der Waals surface area contributed by atoms with Crippen LogP contribution in [0.2, 0.25) is 0 Å². The quantitative estimate of drug-likeness (QED) is 0.434. The van der Waals surface area contributed by atoms with Gasteiger partial charge in [-0.2, -0.15) is 0 Å². The molecule has 2 aromatic rings. The molecule has 10 nitrogen and oxygen atoms in total. The number of piperidine rings is 1. The van der Waals surface area contributed by atoms with Gasteiger partial charge in [-0.15, -0.1) is 11.3 Å². The van der Waals surface area contributed by atoms with Crippen LogP contribution in [0.25, 0.3) is 0 Å². The van der Waals surface area contributed by atoms with E-state index in [1.165, 1.54) is 28.6 Å². The SMILES string of the molecule is CCOC(=O)C1=C(C2CCN(S(=O)(=O)C3CC(C(=O)O)C3)CC2)NC(c2nccs2)=NC1c1ccc(F)c(F)c1C. The molecule has 2 aliphatic heterocycles. The molecule has 220 valence electrons. The number of ether oxygens (including phenoxy) is 1. The monoisotopic (exact) mass is 608 g/mol. The van der Waals surface area contributed by atoms with E-state index in [0.29, 0.717) is 34.9 Å². The second-order valence-corrected chi connectivity index (χ2v) is 13.4. The van der Waals surface area contributed by atoms with Gasteiger partial charge in [0.15, 0.2) is 22.5 Å². The molecule has 5 rings (SSSR count). The standard InChI is InChI=1S/C27H30F2N4O6S2/c1-3-39-27(36)20-22(15-6-9-33(10-7-15)41(37,38)17-12-16(13-17)26(34)35)31-24(25-30-8-11-40-25)32-23(20)18-4-5-19(28)21(29)14(18)2/h4-5,8,11,15-17,23H,3,6-7,9-10,12-13H2,1-2H3,(H,31,32)(H,34,35). The lowest BCUT2D eigenvalue weighted by molar-refractivity contribution is -0.144. The van der Waals surface area contributed by atoms with Crippen LogP contribution in [0.4, 0.5) is 8.78 Å². The Bertz CT molecular complexity index is 1510.